The molecule has 1 atom stereocenters. The molecule has 106 valence electrons. The highest BCUT2D eigenvalue weighted by Crippen LogP contribution is 2.30. The Morgan fingerprint density at radius 1 is 1.25 bits per heavy atom. The van der Waals surface area contributed by atoms with Gasteiger partial charge in [-0.3, -0.25) is 4.98 Å². The number of rotatable bonds is 6. The van der Waals surface area contributed by atoms with Crippen molar-refractivity contribution in [3.63, 3.8) is 0 Å². The van der Waals surface area contributed by atoms with Crippen LogP contribution < -0.4 is 4.74 Å². The van der Waals surface area contributed by atoms with E-state index in [1.165, 1.54) is 0 Å². The maximum atomic E-state index is 10.5. The third-order valence-corrected chi connectivity index (χ3v) is 3.23. The molecule has 1 N–H and O–H groups in total. The van der Waals surface area contributed by atoms with Crippen molar-refractivity contribution < 1.29 is 14.6 Å². The molecule has 20 heavy (non-hydrogen) atoms. The fraction of sp³-hybridized carbons (Fsp3) is 0.267. The number of aliphatic hydroxyl groups excluding tert-OH is 1. The van der Waals surface area contributed by atoms with Gasteiger partial charge in [0.25, 0.3) is 0 Å². The number of aromatic nitrogens is 1. The summed E-state index contributed by atoms with van der Waals surface area (Å²) in [5.41, 5.74) is 1.42. The van der Waals surface area contributed by atoms with E-state index in [2.05, 4.69) is 20.9 Å². The second-order valence-corrected chi connectivity index (χ2v) is 5.13. The van der Waals surface area contributed by atoms with Gasteiger partial charge in [-0.1, -0.05) is 18.2 Å². The minimum Gasteiger partial charge on any atom is -0.491 e. The quantitative estimate of drug-likeness (QED) is 0.823. The Labute approximate surface area is 126 Å². The van der Waals surface area contributed by atoms with E-state index in [1.54, 1.807) is 19.5 Å². The van der Waals surface area contributed by atoms with Crippen molar-refractivity contribution in [3.05, 3.63) is 58.3 Å². The van der Waals surface area contributed by atoms with E-state index in [-0.39, 0.29) is 0 Å². The third-order valence-electron chi connectivity index (χ3n) is 2.80. The molecule has 0 spiro atoms. The van der Waals surface area contributed by atoms with Crippen molar-refractivity contribution >= 4 is 15.9 Å². The highest BCUT2D eigenvalue weighted by atomic mass is 79.9. The van der Waals surface area contributed by atoms with E-state index in [9.17, 15) is 5.11 Å². The van der Waals surface area contributed by atoms with Crippen LogP contribution >= 0.6 is 15.9 Å². The first-order valence-corrected chi connectivity index (χ1v) is 7.01. The van der Waals surface area contributed by atoms with Crippen LogP contribution in [0.15, 0.2) is 47.2 Å². The molecule has 5 heteroatoms. The molecule has 2 aromatic rings. The topological polar surface area (TPSA) is 51.6 Å². The van der Waals surface area contributed by atoms with Crippen molar-refractivity contribution in [3.8, 4) is 5.75 Å². The molecule has 0 fully saturated rings. The van der Waals surface area contributed by atoms with Crippen LogP contribution in [0.4, 0.5) is 0 Å². The van der Waals surface area contributed by atoms with Crippen LogP contribution in [-0.2, 0) is 4.74 Å². The number of aliphatic hydroxyl groups is 1. The highest BCUT2D eigenvalue weighted by Gasteiger charge is 2.15. The van der Waals surface area contributed by atoms with Crippen molar-refractivity contribution in [2.75, 3.05) is 20.3 Å². The first-order chi connectivity index (χ1) is 9.72. The van der Waals surface area contributed by atoms with Crippen molar-refractivity contribution in [1.82, 2.24) is 4.98 Å². The number of pyridine rings is 1. The predicted octanol–water partition coefficient (Wildman–Crippen LogP) is 2.95. The first kappa shape index (κ1) is 15.0. The molecule has 2 rings (SSSR count). The van der Waals surface area contributed by atoms with Gasteiger partial charge in [0, 0.05) is 35.1 Å². The SMILES string of the molecule is COCCOc1ccccc1C(O)c1cncc(Br)c1. The second-order valence-electron chi connectivity index (χ2n) is 4.22. The molecule has 1 heterocycles. The van der Waals surface area contributed by atoms with Crippen molar-refractivity contribution in [2.45, 2.75) is 6.10 Å². The number of nitrogens with zero attached hydrogens (tertiary/aromatic N) is 1. The van der Waals surface area contributed by atoms with E-state index in [0.717, 1.165) is 4.47 Å². The molecular formula is C15H16BrNO3. The molecular weight excluding hydrogens is 322 g/mol. The third kappa shape index (κ3) is 3.79. The van der Waals surface area contributed by atoms with Gasteiger partial charge in [-0.05, 0) is 28.1 Å². The molecule has 0 bridgehead atoms. The summed E-state index contributed by atoms with van der Waals surface area (Å²) in [6.45, 7) is 0.944. The zero-order valence-electron chi connectivity index (χ0n) is 11.1. The molecule has 4 nitrogen and oxygen atoms in total. The molecule has 1 unspecified atom stereocenters. The largest absolute Gasteiger partial charge is 0.491 e. The lowest BCUT2D eigenvalue weighted by Crippen LogP contribution is -2.08. The van der Waals surface area contributed by atoms with Gasteiger partial charge in [-0.25, -0.2) is 0 Å². The lowest BCUT2D eigenvalue weighted by atomic mass is 10.0. The summed E-state index contributed by atoms with van der Waals surface area (Å²) in [6, 6.07) is 9.25. The molecule has 0 aliphatic carbocycles. The van der Waals surface area contributed by atoms with E-state index in [1.807, 2.05) is 30.3 Å². The van der Waals surface area contributed by atoms with Gasteiger partial charge < -0.3 is 14.6 Å². The van der Waals surface area contributed by atoms with Gasteiger partial charge in [0.05, 0.1) is 6.61 Å². The van der Waals surface area contributed by atoms with Gasteiger partial charge in [0.1, 0.15) is 18.5 Å². The summed E-state index contributed by atoms with van der Waals surface area (Å²) >= 11 is 3.35. The van der Waals surface area contributed by atoms with Crippen molar-refractivity contribution in [2.24, 2.45) is 0 Å². The fourth-order valence-electron chi connectivity index (χ4n) is 1.83. The summed E-state index contributed by atoms with van der Waals surface area (Å²) in [5, 5.41) is 10.5. The Bertz CT molecular complexity index is 562. The molecule has 0 aliphatic heterocycles. The fourth-order valence-corrected chi connectivity index (χ4v) is 2.21. The molecule has 0 amide bonds. The number of hydrogen-bond donors (Lipinski definition) is 1. The predicted molar refractivity (Wildman–Crippen MR) is 79.8 cm³/mol. The van der Waals surface area contributed by atoms with Crippen LogP contribution in [-0.4, -0.2) is 30.4 Å². The Morgan fingerprint density at radius 2 is 2.05 bits per heavy atom. The summed E-state index contributed by atoms with van der Waals surface area (Å²) in [6.07, 6.45) is 2.54. The summed E-state index contributed by atoms with van der Waals surface area (Å²) in [4.78, 5) is 4.07. The van der Waals surface area contributed by atoms with E-state index in [0.29, 0.717) is 30.1 Å². The van der Waals surface area contributed by atoms with Gasteiger partial charge >= 0.3 is 0 Å². The number of hydrogen-bond acceptors (Lipinski definition) is 4. The first-order valence-electron chi connectivity index (χ1n) is 6.21. The molecule has 0 aliphatic rings. The average molecular weight is 338 g/mol. The number of para-hydroxylation sites is 1. The smallest absolute Gasteiger partial charge is 0.125 e. The Balaban J connectivity index is 2.23. The lowest BCUT2D eigenvalue weighted by molar-refractivity contribution is 0.142. The molecule has 1 aromatic heterocycles. The summed E-state index contributed by atoms with van der Waals surface area (Å²) in [7, 11) is 1.62. The van der Waals surface area contributed by atoms with E-state index < -0.39 is 6.10 Å². The summed E-state index contributed by atoms with van der Waals surface area (Å²) in [5.74, 6) is 0.650. The monoisotopic (exact) mass is 337 g/mol. The maximum absolute atomic E-state index is 10.5. The Hall–Kier alpha value is -1.43. The van der Waals surface area contributed by atoms with Gasteiger partial charge in [0.15, 0.2) is 0 Å². The number of methoxy groups -OCH3 is 1. The van der Waals surface area contributed by atoms with Gasteiger partial charge in [0.2, 0.25) is 0 Å². The number of halogens is 1. The highest BCUT2D eigenvalue weighted by molar-refractivity contribution is 9.10. The second kappa shape index (κ2) is 7.38. The number of benzene rings is 1. The van der Waals surface area contributed by atoms with Crippen LogP contribution in [0.3, 0.4) is 0 Å². The van der Waals surface area contributed by atoms with Crippen LogP contribution in [0.1, 0.15) is 17.2 Å². The average Bonchev–Trinajstić information content (AvgIpc) is 2.47. The minimum absolute atomic E-state index is 0.441. The molecule has 0 radical (unpaired) electrons. The van der Waals surface area contributed by atoms with Crippen LogP contribution in [0.5, 0.6) is 5.75 Å². The van der Waals surface area contributed by atoms with E-state index >= 15 is 0 Å². The van der Waals surface area contributed by atoms with E-state index in [4.69, 9.17) is 9.47 Å². The normalized spacial score (nSPS) is 12.2. The van der Waals surface area contributed by atoms with Gasteiger partial charge in [-0.15, -0.1) is 0 Å². The molecule has 1 aromatic carbocycles. The molecule has 0 saturated carbocycles. The molecule has 0 saturated heterocycles. The van der Waals surface area contributed by atoms with Crippen LogP contribution in [0.25, 0.3) is 0 Å². The van der Waals surface area contributed by atoms with Crippen LogP contribution in [0.2, 0.25) is 0 Å². The number of ether oxygens (including phenoxy) is 2. The van der Waals surface area contributed by atoms with Crippen LogP contribution in [0, 0.1) is 0 Å². The summed E-state index contributed by atoms with van der Waals surface area (Å²) < 4.78 is 11.4. The van der Waals surface area contributed by atoms with Crippen molar-refractivity contribution in [1.29, 1.82) is 0 Å². The van der Waals surface area contributed by atoms with Gasteiger partial charge in [-0.2, -0.15) is 0 Å². The zero-order valence-corrected chi connectivity index (χ0v) is 12.7. The maximum Gasteiger partial charge on any atom is 0.125 e. The lowest BCUT2D eigenvalue weighted by Gasteiger charge is -2.16. The zero-order chi connectivity index (χ0) is 14.4. The standard InChI is InChI=1S/C15H16BrNO3/c1-19-6-7-20-14-5-3-2-4-13(14)15(18)11-8-12(16)10-17-9-11/h2-5,8-10,15,18H,6-7H2,1H3. The Morgan fingerprint density at radius 3 is 2.80 bits per heavy atom. The Kier molecular flexibility index (Phi) is 5.52. The minimum atomic E-state index is -0.779.